The second-order valence-corrected chi connectivity index (χ2v) is 6.41. The summed E-state index contributed by atoms with van der Waals surface area (Å²) in [5.41, 5.74) is 4.84. The highest BCUT2D eigenvalue weighted by Crippen LogP contribution is 2.29. The molecular formula is C22H18BNO2. The van der Waals surface area contributed by atoms with Crippen molar-refractivity contribution < 1.29 is 9.90 Å². The maximum Gasteiger partial charge on any atom is 0.335 e. The summed E-state index contributed by atoms with van der Waals surface area (Å²) in [7, 11) is 0. The highest BCUT2D eigenvalue weighted by Gasteiger charge is 2.28. The van der Waals surface area contributed by atoms with Crippen LogP contribution in [0.3, 0.4) is 0 Å². The molecule has 3 aromatic rings. The number of hydrogen-bond donors (Lipinski definition) is 1. The first-order valence-corrected chi connectivity index (χ1v) is 8.63. The largest absolute Gasteiger partial charge is 0.478 e. The van der Waals surface area contributed by atoms with Gasteiger partial charge in [0, 0.05) is 12.2 Å². The van der Waals surface area contributed by atoms with Crippen LogP contribution >= 0.6 is 0 Å². The number of nitrogens with zero attached hydrogens (tertiary/aromatic N) is 1. The molecule has 26 heavy (non-hydrogen) atoms. The second-order valence-electron chi connectivity index (χ2n) is 6.41. The number of rotatable bonds is 4. The Morgan fingerprint density at radius 2 is 1.69 bits per heavy atom. The maximum absolute atomic E-state index is 11.4. The van der Waals surface area contributed by atoms with Crippen molar-refractivity contribution in [3.63, 3.8) is 0 Å². The van der Waals surface area contributed by atoms with E-state index < -0.39 is 5.97 Å². The Kier molecular flexibility index (Phi) is 4.32. The lowest BCUT2D eigenvalue weighted by Gasteiger charge is -2.34. The highest BCUT2D eigenvalue weighted by atomic mass is 16.4. The number of hydrogen-bond acceptors (Lipinski definition) is 2. The van der Waals surface area contributed by atoms with Crippen LogP contribution in [0.2, 0.25) is 0 Å². The van der Waals surface area contributed by atoms with Gasteiger partial charge >= 0.3 is 12.8 Å². The average Bonchev–Trinajstić information content (AvgIpc) is 2.69. The number of carboxylic acids is 1. The third-order valence-corrected chi connectivity index (χ3v) is 4.71. The third kappa shape index (κ3) is 3.14. The Labute approximate surface area is 153 Å². The van der Waals surface area contributed by atoms with Crippen molar-refractivity contribution in [1.29, 1.82) is 0 Å². The van der Waals surface area contributed by atoms with E-state index in [4.69, 9.17) is 0 Å². The van der Waals surface area contributed by atoms with Crippen molar-refractivity contribution in [3.05, 3.63) is 102 Å². The van der Waals surface area contributed by atoms with E-state index in [1.165, 1.54) is 11.1 Å². The molecule has 4 heteroatoms. The minimum Gasteiger partial charge on any atom is -0.478 e. The number of para-hydroxylation sites is 1. The predicted molar refractivity (Wildman–Crippen MR) is 107 cm³/mol. The Balaban J connectivity index is 1.77. The number of fused-ring (bicyclic) bond motifs is 1. The van der Waals surface area contributed by atoms with Gasteiger partial charge in [0.25, 0.3) is 0 Å². The Hall–Kier alpha value is -3.27. The lowest BCUT2D eigenvalue weighted by Crippen LogP contribution is -2.48. The second kappa shape index (κ2) is 6.92. The lowest BCUT2D eigenvalue weighted by molar-refractivity contribution is 0.0697. The molecule has 1 N–H and O–H groups in total. The molecule has 0 saturated heterocycles. The number of carboxylic acid groups (broad SMARTS) is 1. The smallest absolute Gasteiger partial charge is 0.335 e. The van der Waals surface area contributed by atoms with Crippen molar-refractivity contribution >= 4 is 30.0 Å². The van der Waals surface area contributed by atoms with Crippen molar-refractivity contribution in [3.8, 4) is 0 Å². The van der Waals surface area contributed by atoms with E-state index in [2.05, 4.69) is 41.1 Å². The van der Waals surface area contributed by atoms with E-state index in [1.54, 1.807) is 12.1 Å². The topological polar surface area (TPSA) is 40.5 Å². The highest BCUT2D eigenvalue weighted by molar-refractivity contribution is 6.82. The Bertz CT molecular complexity index is 969. The molecule has 3 aromatic carbocycles. The van der Waals surface area contributed by atoms with Gasteiger partial charge in [0.1, 0.15) is 0 Å². The van der Waals surface area contributed by atoms with E-state index >= 15 is 0 Å². The van der Waals surface area contributed by atoms with E-state index in [1.807, 2.05) is 42.5 Å². The summed E-state index contributed by atoms with van der Waals surface area (Å²) < 4.78 is 0. The SMILES string of the molecule is O=C(O)c1cccc(B2C=Cc3ccccc3N2Cc2ccccc2)c1. The molecule has 0 unspecified atom stereocenters. The zero-order valence-electron chi connectivity index (χ0n) is 14.2. The predicted octanol–water partition coefficient (Wildman–Crippen LogP) is 3.86. The minimum absolute atomic E-state index is 0.00981. The molecule has 1 aliphatic rings. The van der Waals surface area contributed by atoms with Crippen molar-refractivity contribution in [1.82, 2.24) is 0 Å². The zero-order chi connectivity index (χ0) is 17.9. The van der Waals surface area contributed by atoms with Crippen LogP contribution in [0.15, 0.2) is 84.8 Å². The van der Waals surface area contributed by atoms with Crippen LogP contribution in [0.5, 0.6) is 0 Å². The van der Waals surface area contributed by atoms with E-state index in [9.17, 15) is 9.90 Å². The molecule has 4 rings (SSSR count). The molecule has 1 aliphatic heterocycles. The normalized spacial score (nSPS) is 12.8. The molecule has 0 amide bonds. The number of anilines is 1. The van der Waals surface area contributed by atoms with Crippen LogP contribution in [0, 0.1) is 0 Å². The van der Waals surface area contributed by atoms with Gasteiger partial charge in [-0.25, -0.2) is 4.79 Å². The van der Waals surface area contributed by atoms with E-state index in [0.717, 1.165) is 17.7 Å². The van der Waals surface area contributed by atoms with Crippen molar-refractivity contribution in [2.75, 3.05) is 4.81 Å². The Morgan fingerprint density at radius 3 is 2.50 bits per heavy atom. The van der Waals surface area contributed by atoms with Crippen LogP contribution < -0.4 is 10.3 Å². The van der Waals surface area contributed by atoms with Gasteiger partial charge < -0.3 is 9.92 Å². The summed E-state index contributed by atoms with van der Waals surface area (Å²) in [5, 5.41) is 9.33. The summed E-state index contributed by atoms with van der Waals surface area (Å²) >= 11 is 0. The van der Waals surface area contributed by atoms with Gasteiger partial charge in [-0.2, -0.15) is 0 Å². The third-order valence-electron chi connectivity index (χ3n) is 4.71. The molecular weight excluding hydrogens is 321 g/mol. The molecule has 0 aromatic heterocycles. The monoisotopic (exact) mass is 339 g/mol. The molecule has 126 valence electrons. The average molecular weight is 339 g/mol. The van der Waals surface area contributed by atoms with Gasteiger partial charge in [-0.05, 0) is 23.3 Å². The van der Waals surface area contributed by atoms with Crippen LogP contribution in [0.1, 0.15) is 21.5 Å². The molecule has 0 atom stereocenters. The summed E-state index contributed by atoms with van der Waals surface area (Å²) in [6.07, 6.45) is 2.12. The first-order valence-electron chi connectivity index (χ1n) is 8.63. The number of carbonyl (C=O) groups is 1. The van der Waals surface area contributed by atoms with Crippen molar-refractivity contribution in [2.45, 2.75) is 6.54 Å². The molecule has 0 saturated carbocycles. The lowest BCUT2D eigenvalue weighted by atomic mass is 9.52. The first kappa shape index (κ1) is 16.2. The van der Waals surface area contributed by atoms with Gasteiger partial charge in [0.2, 0.25) is 0 Å². The zero-order valence-corrected chi connectivity index (χ0v) is 14.2. The molecule has 3 nitrogen and oxygen atoms in total. The van der Waals surface area contributed by atoms with Gasteiger partial charge in [0.05, 0.1) is 5.56 Å². The fourth-order valence-corrected chi connectivity index (χ4v) is 3.45. The van der Waals surface area contributed by atoms with Crippen LogP contribution in [0.25, 0.3) is 6.08 Å². The maximum atomic E-state index is 11.4. The molecule has 0 radical (unpaired) electrons. The summed E-state index contributed by atoms with van der Waals surface area (Å²) in [6.45, 7) is 0.744. The molecule has 0 aliphatic carbocycles. The van der Waals surface area contributed by atoms with E-state index in [0.29, 0.717) is 5.56 Å². The summed E-state index contributed by atoms with van der Waals surface area (Å²) in [5.74, 6) is 1.24. The van der Waals surface area contributed by atoms with Gasteiger partial charge in [-0.1, -0.05) is 84.2 Å². The van der Waals surface area contributed by atoms with Gasteiger partial charge in [0.15, 0.2) is 0 Å². The van der Waals surface area contributed by atoms with Gasteiger partial charge in [-0.3, -0.25) is 0 Å². The minimum atomic E-state index is -0.901. The number of benzene rings is 3. The van der Waals surface area contributed by atoms with E-state index in [-0.39, 0.29) is 6.85 Å². The number of aromatic carboxylic acids is 1. The van der Waals surface area contributed by atoms with Crippen LogP contribution in [-0.4, -0.2) is 17.9 Å². The molecule has 0 bridgehead atoms. The Morgan fingerprint density at radius 1 is 0.923 bits per heavy atom. The summed E-state index contributed by atoms with van der Waals surface area (Å²) in [6, 6.07) is 25.8. The fraction of sp³-hybridized carbons (Fsp3) is 0.0455. The molecule has 0 spiro atoms. The molecule has 0 fully saturated rings. The fourth-order valence-electron chi connectivity index (χ4n) is 3.45. The van der Waals surface area contributed by atoms with Gasteiger partial charge in [-0.15, -0.1) is 0 Å². The molecule has 1 heterocycles. The summed E-state index contributed by atoms with van der Waals surface area (Å²) in [4.78, 5) is 13.7. The standard InChI is InChI=1S/C22H18BNO2/c25-22(26)19-10-6-11-20(15-19)23-14-13-18-9-4-5-12-21(18)24(23)16-17-7-2-1-3-8-17/h1-15H,16H2,(H,25,26). The van der Waals surface area contributed by atoms with Crippen molar-refractivity contribution in [2.24, 2.45) is 0 Å². The van der Waals surface area contributed by atoms with Crippen LogP contribution in [0.4, 0.5) is 5.69 Å². The first-order chi connectivity index (χ1) is 12.7. The van der Waals surface area contributed by atoms with Crippen LogP contribution in [-0.2, 0) is 6.54 Å². The quantitative estimate of drug-likeness (QED) is 0.734.